The predicted octanol–water partition coefficient (Wildman–Crippen LogP) is 1.97. The number of carbonyl (C=O) groups is 1. The van der Waals surface area contributed by atoms with Gasteiger partial charge in [-0.3, -0.25) is 9.78 Å². The summed E-state index contributed by atoms with van der Waals surface area (Å²) in [6, 6.07) is 3.42. The van der Waals surface area contributed by atoms with Gasteiger partial charge in [0.2, 0.25) is 5.91 Å². The van der Waals surface area contributed by atoms with Crippen molar-refractivity contribution in [3.63, 3.8) is 0 Å². The van der Waals surface area contributed by atoms with Gasteiger partial charge in [0.25, 0.3) is 0 Å². The highest BCUT2D eigenvalue weighted by atomic mass is 16.2. The first-order valence-electron chi connectivity index (χ1n) is 6.41. The molecule has 0 bridgehead atoms. The van der Waals surface area contributed by atoms with Gasteiger partial charge in [0.05, 0.1) is 12.1 Å². The highest BCUT2D eigenvalue weighted by Crippen LogP contribution is 2.19. The second-order valence-corrected chi connectivity index (χ2v) is 4.82. The lowest BCUT2D eigenvalue weighted by Gasteiger charge is -2.29. The first kappa shape index (κ1) is 14.6. The Balaban J connectivity index is 2.75. The monoisotopic (exact) mass is 249 g/mol. The lowest BCUT2D eigenvalue weighted by atomic mass is 9.98. The SMILES string of the molecule is CCC(C)C(N)C(=O)N(C)C(C)c1ccncc1. The molecular weight excluding hydrogens is 226 g/mol. The molecule has 1 aromatic heterocycles. The molecule has 4 nitrogen and oxygen atoms in total. The van der Waals surface area contributed by atoms with Crippen LogP contribution in [-0.2, 0) is 4.79 Å². The van der Waals surface area contributed by atoms with Gasteiger partial charge in [-0.1, -0.05) is 20.3 Å². The van der Waals surface area contributed by atoms with Crippen LogP contribution in [0.5, 0.6) is 0 Å². The fourth-order valence-corrected chi connectivity index (χ4v) is 1.79. The third-order valence-electron chi connectivity index (χ3n) is 3.66. The van der Waals surface area contributed by atoms with Crippen molar-refractivity contribution in [1.29, 1.82) is 0 Å². The average molecular weight is 249 g/mol. The number of pyridine rings is 1. The van der Waals surface area contributed by atoms with E-state index in [1.165, 1.54) is 0 Å². The maximum Gasteiger partial charge on any atom is 0.240 e. The van der Waals surface area contributed by atoms with Gasteiger partial charge in [-0.25, -0.2) is 0 Å². The summed E-state index contributed by atoms with van der Waals surface area (Å²) in [7, 11) is 1.80. The molecule has 100 valence electrons. The number of nitrogens with zero attached hydrogens (tertiary/aromatic N) is 2. The zero-order valence-electron chi connectivity index (χ0n) is 11.6. The summed E-state index contributed by atoms with van der Waals surface area (Å²) < 4.78 is 0. The molecule has 0 aliphatic heterocycles. The second kappa shape index (κ2) is 6.50. The summed E-state index contributed by atoms with van der Waals surface area (Å²) in [4.78, 5) is 17.9. The van der Waals surface area contributed by atoms with Crippen molar-refractivity contribution >= 4 is 5.91 Å². The molecule has 1 amide bonds. The van der Waals surface area contributed by atoms with Crippen LogP contribution in [0.1, 0.15) is 38.8 Å². The van der Waals surface area contributed by atoms with Gasteiger partial charge < -0.3 is 10.6 Å². The van der Waals surface area contributed by atoms with E-state index in [4.69, 9.17) is 5.73 Å². The van der Waals surface area contributed by atoms with Crippen LogP contribution in [-0.4, -0.2) is 28.9 Å². The zero-order chi connectivity index (χ0) is 13.7. The van der Waals surface area contributed by atoms with Gasteiger partial charge in [-0.15, -0.1) is 0 Å². The molecule has 0 spiro atoms. The van der Waals surface area contributed by atoms with Gasteiger partial charge in [0, 0.05) is 19.4 Å². The van der Waals surface area contributed by atoms with E-state index in [0.29, 0.717) is 0 Å². The minimum absolute atomic E-state index is 0.00587. The number of likely N-dealkylation sites (N-methyl/N-ethyl adjacent to an activating group) is 1. The first-order valence-corrected chi connectivity index (χ1v) is 6.41. The number of hydrogen-bond donors (Lipinski definition) is 1. The summed E-state index contributed by atoms with van der Waals surface area (Å²) in [5, 5.41) is 0. The molecule has 1 rings (SSSR count). The Kier molecular flexibility index (Phi) is 5.28. The van der Waals surface area contributed by atoms with Gasteiger partial charge in [0.15, 0.2) is 0 Å². The Morgan fingerprint density at radius 2 is 1.94 bits per heavy atom. The first-order chi connectivity index (χ1) is 8.49. The third kappa shape index (κ3) is 3.29. The van der Waals surface area contributed by atoms with E-state index >= 15 is 0 Å². The molecule has 4 heteroatoms. The lowest BCUT2D eigenvalue weighted by molar-refractivity contribution is -0.134. The molecule has 0 aliphatic rings. The van der Waals surface area contributed by atoms with Crippen LogP contribution in [0.3, 0.4) is 0 Å². The Morgan fingerprint density at radius 3 is 2.44 bits per heavy atom. The Morgan fingerprint density at radius 1 is 1.39 bits per heavy atom. The van der Waals surface area contributed by atoms with Crippen molar-refractivity contribution in [3.05, 3.63) is 30.1 Å². The van der Waals surface area contributed by atoms with Gasteiger partial charge >= 0.3 is 0 Å². The number of carbonyl (C=O) groups excluding carboxylic acids is 1. The van der Waals surface area contributed by atoms with Gasteiger partial charge in [0.1, 0.15) is 0 Å². The number of aromatic nitrogens is 1. The average Bonchev–Trinajstić information content (AvgIpc) is 2.44. The van der Waals surface area contributed by atoms with E-state index in [9.17, 15) is 4.79 Å². The van der Waals surface area contributed by atoms with Crippen molar-refractivity contribution < 1.29 is 4.79 Å². The molecule has 0 saturated carbocycles. The van der Waals surface area contributed by atoms with Crippen LogP contribution >= 0.6 is 0 Å². The molecule has 2 N–H and O–H groups in total. The third-order valence-corrected chi connectivity index (χ3v) is 3.66. The molecule has 3 atom stereocenters. The molecule has 0 aliphatic carbocycles. The van der Waals surface area contributed by atoms with Crippen LogP contribution in [0.25, 0.3) is 0 Å². The van der Waals surface area contributed by atoms with Crippen molar-refractivity contribution in [2.24, 2.45) is 11.7 Å². The second-order valence-electron chi connectivity index (χ2n) is 4.82. The van der Waals surface area contributed by atoms with Crippen molar-refractivity contribution in [1.82, 2.24) is 9.88 Å². The quantitative estimate of drug-likeness (QED) is 0.868. The molecule has 0 radical (unpaired) electrons. The summed E-state index contributed by atoms with van der Waals surface area (Å²) >= 11 is 0. The zero-order valence-corrected chi connectivity index (χ0v) is 11.6. The van der Waals surface area contributed by atoms with E-state index in [-0.39, 0.29) is 17.9 Å². The molecule has 0 saturated heterocycles. The molecule has 18 heavy (non-hydrogen) atoms. The van der Waals surface area contributed by atoms with Crippen molar-refractivity contribution in [3.8, 4) is 0 Å². The van der Waals surface area contributed by atoms with Crippen molar-refractivity contribution in [2.75, 3.05) is 7.05 Å². The highest BCUT2D eigenvalue weighted by Gasteiger charge is 2.26. The standard InChI is InChI=1S/C14H23N3O/c1-5-10(2)13(15)14(18)17(4)11(3)12-6-8-16-9-7-12/h6-11,13H,5,15H2,1-4H3. The van der Waals surface area contributed by atoms with Gasteiger partial charge in [-0.2, -0.15) is 0 Å². The lowest BCUT2D eigenvalue weighted by Crippen LogP contribution is -2.46. The van der Waals surface area contributed by atoms with Crippen molar-refractivity contribution in [2.45, 2.75) is 39.3 Å². The molecule has 0 aromatic carbocycles. The minimum atomic E-state index is -0.427. The summed E-state index contributed by atoms with van der Waals surface area (Å²) in [6.45, 7) is 6.05. The van der Waals surface area contributed by atoms with Crippen LogP contribution in [0.4, 0.5) is 0 Å². The molecule has 3 unspecified atom stereocenters. The highest BCUT2D eigenvalue weighted by molar-refractivity contribution is 5.82. The van der Waals surface area contributed by atoms with E-state index in [0.717, 1.165) is 12.0 Å². The number of hydrogen-bond acceptors (Lipinski definition) is 3. The van der Waals surface area contributed by atoms with Crippen LogP contribution in [0.2, 0.25) is 0 Å². The Labute approximate surface area is 109 Å². The maximum atomic E-state index is 12.2. The molecule has 1 heterocycles. The Hall–Kier alpha value is -1.42. The number of rotatable bonds is 5. The maximum absolute atomic E-state index is 12.2. The van der Waals surface area contributed by atoms with E-state index in [1.54, 1.807) is 24.3 Å². The predicted molar refractivity (Wildman–Crippen MR) is 72.9 cm³/mol. The molecule has 1 aromatic rings. The number of nitrogens with two attached hydrogens (primary N) is 1. The smallest absolute Gasteiger partial charge is 0.240 e. The van der Waals surface area contributed by atoms with Crippen LogP contribution < -0.4 is 5.73 Å². The normalized spacial score (nSPS) is 15.8. The topological polar surface area (TPSA) is 59.2 Å². The van der Waals surface area contributed by atoms with E-state index in [2.05, 4.69) is 4.98 Å². The largest absolute Gasteiger partial charge is 0.338 e. The fourth-order valence-electron chi connectivity index (χ4n) is 1.79. The fraction of sp³-hybridized carbons (Fsp3) is 0.571. The van der Waals surface area contributed by atoms with Gasteiger partial charge in [-0.05, 0) is 30.5 Å². The molecular formula is C14H23N3O. The molecule has 0 fully saturated rings. The summed E-state index contributed by atoms with van der Waals surface area (Å²) in [6.07, 6.45) is 4.38. The van der Waals surface area contributed by atoms with E-state index < -0.39 is 6.04 Å². The van der Waals surface area contributed by atoms with Crippen LogP contribution in [0.15, 0.2) is 24.5 Å². The Bertz CT molecular complexity index is 380. The summed E-state index contributed by atoms with van der Waals surface area (Å²) in [5.41, 5.74) is 7.05. The van der Waals surface area contributed by atoms with E-state index in [1.807, 2.05) is 32.9 Å². The minimum Gasteiger partial charge on any atom is -0.338 e. The number of amides is 1. The van der Waals surface area contributed by atoms with Crippen LogP contribution in [0, 0.1) is 5.92 Å². The summed E-state index contributed by atoms with van der Waals surface area (Å²) in [5.74, 6) is 0.193.